The predicted molar refractivity (Wildman–Crippen MR) is 410 cm³/mol. The molecule has 0 rings (SSSR count). The molecule has 552 valence electrons. The highest BCUT2D eigenvalue weighted by Crippen LogP contribution is 2.19. The molecule has 0 bridgehead atoms. The number of carbonyl (C=O) groups is 3. The van der Waals surface area contributed by atoms with Crippen molar-refractivity contribution < 1.29 is 42.9 Å². The number of aliphatic carboxylic acids is 1. The van der Waals surface area contributed by atoms with E-state index in [-0.39, 0.29) is 38.2 Å². The van der Waals surface area contributed by atoms with E-state index in [4.69, 9.17) is 18.9 Å². The van der Waals surface area contributed by atoms with Gasteiger partial charge in [-0.2, -0.15) is 0 Å². The van der Waals surface area contributed by atoms with Crippen LogP contribution in [0.3, 0.4) is 0 Å². The van der Waals surface area contributed by atoms with Gasteiger partial charge in [-0.3, -0.25) is 9.59 Å². The minimum Gasteiger partial charge on any atom is -0.477 e. The Bertz CT molecular complexity index is 1840. The van der Waals surface area contributed by atoms with Crippen LogP contribution in [0.1, 0.15) is 386 Å². The molecule has 1 N–H and O–H groups in total. The van der Waals surface area contributed by atoms with Crippen LogP contribution in [-0.2, 0) is 33.3 Å². The number of rotatable bonds is 76. The molecule has 95 heavy (non-hydrogen) atoms. The van der Waals surface area contributed by atoms with Gasteiger partial charge in [-0.25, -0.2) is 4.79 Å². The summed E-state index contributed by atoms with van der Waals surface area (Å²) >= 11 is 0. The van der Waals surface area contributed by atoms with Crippen molar-refractivity contribution in [3.63, 3.8) is 0 Å². The van der Waals surface area contributed by atoms with Crippen molar-refractivity contribution in [3.8, 4) is 0 Å². The largest absolute Gasteiger partial charge is 0.477 e. The molecule has 0 aliphatic carbocycles. The number of likely N-dealkylation sites (N-methyl/N-ethyl adjacent to an activating group) is 1. The van der Waals surface area contributed by atoms with E-state index in [1.165, 1.54) is 283 Å². The first-order chi connectivity index (χ1) is 46.6. The molecule has 0 aromatic rings. The number of allylic oxidation sites excluding steroid dienone is 14. The van der Waals surface area contributed by atoms with E-state index in [1.807, 2.05) is 21.1 Å². The molecular formula is C86H156NO8+. The fourth-order valence-corrected chi connectivity index (χ4v) is 12.0. The van der Waals surface area contributed by atoms with E-state index in [0.717, 1.165) is 77.0 Å². The van der Waals surface area contributed by atoms with Gasteiger partial charge in [-0.1, -0.05) is 369 Å². The van der Waals surface area contributed by atoms with Crippen LogP contribution in [0.4, 0.5) is 0 Å². The number of esters is 2. The Morgan fingerprint density at radius 1 is 0.326 bits per heavy atom. The fourth-order valence-electron chi connectivity index (χ4n) is 12.0. The monoisotopic (exact) mass is 1330 g/mol. The Hall–Kier alpha value is -3.53. The van der Waals surface area contributed by atoms with Gasteiger partial charge in [0.05, 0.1) is 34.4 Å². The molecule has 0 saturated heterocycles. The third kappa shape index (κ3) is 77.7. The number of hydrogen-bond donors (Lipinski definition) is 1. The van der Waals surface area contributed by atoms with Crippen molar-refractivity contribution in [2.75, 3.05) is 47.5 Å². The van der Waals surface area contributed by atoms with Crippen molar-refractivity contribution in [1.82, 2.24) is 0 Å². The SMILES string of the molecule is CC/C=C\C/C=C\C/C=C\C/C=C\CCCCCCCCCCCCCCCCCCCCCCCCCCCCCCC(=O)OC(COC(=O)CCCCCCCCCCCCCCCC/C=C\C/C=C\C/C=C\CCCCCCC)COC(OCC[N+](C)(C)C)C(=O)O. The Balaban J connectivity index is 3.96. The Morgan fingerprint density at radius 2 is 0.600 bits per heavy atom. The summed E-state index contributed by atoms with van der Waals surface area (Å²) in [7, 11) is 5.99. The Labute approximate surface area is 589 Å². The van der Waals surface area contributed by atoms with Crippen LogP contribution in [0, 0.1) is 0 Å². The van der Waals surface area contributed by atoms with Gasteiger partial charge < -0.3 is 28.5 Å². The van der Waals surface area contributed by atoms with Crippen LogP contribution in [0.2, 0.25) is 0 Å². The van der Waals surface area contributed by atoms with E-state index in [9.17, 15) is 19.5 Å². The second kappa shape index (κ2) is 76.2. The minimum atomic E-state index is -1.51. The van der Waals surface area contributed by atoms with Crippen molar-refractivity contribution >= 4 is 17.9 Å². The van der Waals surface area contributed by atoms with Crippen LogP contribution in [0.15, 0.2) is 85.1 Å². The Morgan fingerprint density at radius 3 is 0.895 bits per heavy atom. The molecule has 0 aliphatic rings. The zero-order chi connectivity index (χ0) is 69.0. The normalized spacial score (nSPS) is 13.1. The van der Waals surface area contributed by atoms with E-state index >= 15 is 0 Å². The molecule has 0 radical (unpaired) electrons. The molecule has 0 amide bonds. The van der Waals surface area contributed by atoms with E-state index in [0.29, 0.717) is 17.4 Å². The molecule has 2 atom stereocenters. The summed E-state index contributed by atoms with van der Waals surface area (Å²) in [5, 5.41) is 9.78. The molecule has 0 aliphatic heterocycles. The topological polar surface area (TPSA) is 108 Å². The van der Waals surface area contributed by atoms with Crippen molar-refractivity contribution in [2.45, 2.75) is 399 Å². The molecule has 0 heterocycles. The van der Waals surface area contributed by atoms with Gasteiger partial charge in [0.1, 0.15) is 13.2 Å². The van der Waals surface area contributed by atoms with Gasteiger partial charge in [-0.15, -0.1) is 0 Å². The van der Waals surface area contributed by atoms with Crippen LogP contribution in [0.5, 0.6) is 0 Å². The molecule has 9 heteroatoms. The predicted octanol–water partition coefficient (Wildman–Crippen LogP) is 26.2. The summed E-state index contributed by atoms with van der Waals surface area (Å²) < 4.78 is 23.1. The van der Waals surface area contributed by atoms with E-state index in [2.05, 4.69) is 98.9 Å². The third-order valence-electron chi connectivity index (χ3n) is 18.1. The molecule has 0 aromatic carbocycles. The van der Waals surface area contributed by atoms with Crippen molar-refractivity contribution in [2.24, 2.45) is 0 Å². The number of carbonyl (C=O) groups excluding carboxylic acids is 2. The maximum atomic E-state index is 13.0. The summed E-state index contributed by atoms with van der Waals surface area (Å²) in [6.45, 7) is 4.81. The summed E-state index contributed by atoms with van der Waals surface area (Å²) in [6, 6.07) is 0. The molecule has 2 unspecified atom stereocenters. The number of carboxylic acids is 1. The summed E-state index contributed by atoms with van der Waals surface area (Å²) in [5.74, 6) is -1.98. The van der Waals surface area contributed by atoms with Gasteiger partial charge in [0, 0.05) is 12.8 Å². The highest BCUT2D eigenvalue weighted by atomic mass is 16.7. The van der Waals surface area contributed by atoms with Gasteiger partial charge in [0.15, 0.2) is 6.10 Å². The highest BCUT2D eigenvalue weighted by Gasteiger charge is 2.25. The number of ether oxygens (including phenoxy) is 4. The van der Waals surface area contributed by atoms with E-state index < -0.39 is 18.4 Å². The number of quaternary nitrogens is 1. The second-order valence-corrected chi connectivity index (χ2v) is 28.7. The van der Waals surface area contributed by atoms with Gasteiger partial charge >= 0.3 is 17.9 Å². The van der Waals surface area contributed by atoms with Crippen molar-refractivity contribution in [1.29, 1.82) is 0 Å². The number of hydrogen-bond acceptors (Lipinski definition) is 7. The zero-order valence-corrected chi connectivity index (χ0v) is 63.3. The highest BCUT2D eigenvalue weighted by molar-refractivity contribution is 5.71. The molecular weight excluding hydrogens is 1170 g/mol. The van der Waals surface area contributed by atoms with Crippen LogP contribution in [-0.4, -0.2) is 87.4 Å². The summed E-state index contributed by atoms with van der Waals surface area (Å²) in [6.07, 6.45) is 102. The molecule has 0 saturated carbocycles. The number of unbranched alkanes of at least 4 members (excludes halogenated alkanes) is 47. The lowest BCUT2D eigenvalue weighted by atomic mass is 10.0. The molecule has 0 aromatic heterocycles. The lowest BCUT2D eigenvalue weighted by Crippen LogP contribution is -2.40. The smallest absolute Gasteiger partial charge is 0.361 e. The fraction of sp³-hybridized carbons (Fsp3) is 0.802. The average Bonchev–Trinajstić information content (AvgIpc) is 3.54. The van der Waals surface area contributed by atoms with E-state index in [1.54, 1.807) is 0 Å². The summed E-state index contributed by atoms with van der Waals surface area (Å²) in [4.78, 5) is 37.7. The molecule has 9 nitrogen and oxygen atoms in total. The lowest BCUT2D eigenvalue weighted by Gasteiger charge is -2.25. The zero-order valence-electron chi connectivity index (χ0n) is 63.3. The van der Waals surface area contributed by atoms with Gasteiger partial charge in [-0.05, 0) is 89.9 Å². The van der Waals surface area contributed by atoms with Crippen LogP contribution in [0.25, 0.3) is 0 Å². The maximum absolute atomic E-state index is 13.0. The Kier molecular flexibility index (Phi) is 73.4. The van der Waals surface area contributed by atoms with Crippen LogP contribution >= 0.6 is 0 Å². The lowest BCUT2D eigenvalue weighted by molar-refractivity contribution is -0.870. The average molecular weight is 1330 g/mol. The first kappa shape index (κ1) is 91.5. The quantitative estimate of drug-likeness (QED) is 0.0211. The standard InChI is InChI=1S/C86H155NO8/c1-6-8-10-12-14-16-18-20-22-24-26-28-30-32-34-36-37-38-39-40-41-42-43-44-45-46-47-49-51-53-55-57-59-61-63-65-67-69-71-73-75-77-84(89)95-82(81-94-86(85(90)91)92-79-78-87(3,4)5)80-93-83(88)76-74-72-70-68-66-64-62-60-58-56-54-52-50-48-35-33-31-29-27-25-23-21-19-17-15-13-11-9-7-2/h8,10,14,16,19-22,25-28,31,33,82,86H,6-7,9,11-13,15,17-18,23-24,29-30,32,34-81H2,1-5H3/p+1/b10-8-,16-14-,21-19-,22-20-,27-25-,28-26-,33-31-. The van der Waals surface area contributed by atoms with Gasteiger partial charge in [0.2, 0.25) is 0 Å². The first-order valence-electron chi connectivity index (χ1n) is 40.8. The number of nitrogens with zero attached hydrogens (tertiary/aromatic N) is 1. The molecule has 0 spiro atoms. The first-order valence-corrected chi connectivity index (χ1v) is 40.8. The third-order valence-corrected chi connectivity index (χ3v) is 18.1. The second-order valence-electron chi connectivity index (χ2n) is 28.7. The number of carboxylic acid groups (broad SMARTS) is 1. The molecule has 0 fully saturated rings. The minimum absolute atomic E-state index is 0.180. The van der Waals surface area contributed by atoms with Gasteiger partial charge in [0.25, 0.3) is 6.29 Å². The summed E-state index contributed by atoms with van der Waals surface area (Å²) in [5.41, 5.74) is 0. The van der Waals surface area contributed by atoms with Crippen LogP contribution < -0.4 is 0 Å². The van der Waals surface area contributed by atoms with Crippen molar-refractivity contribution in [3.05, 3.63) is 85.1 Å². The maximum Gasteiger partial charge on any atom is 0.361 e.